The average molecular weight is 802 g/mol. The summed E-state index contributed by atoms with van der Waals surface area (Å²) in [5, 5.41) is 11.5. The average Bonchev–Trinajstić information content (AvgIpc) is 3.16. The molecule has 0 spiro atoms. The number of carbonyl (C=O) groups is 5. The molecule has 0 aliphatic carbocycles. The van der Waals surface area contributed by atoms with E-state index >= 15 is 0 Å². The number of carboxylic acid groups (broad SMARTS) is 1. The Labute approximate surface area is 338 Å². The highest BCUT2D eigenvalue weighted by Gasteiger charge is 2.19. The number of rotatable bonds is 46. The van der Waals surface area contributed by atoms with Crippen molar-refractivity contribution in [1.29, 1.82) is 0 Å². The molecule has 0 aromatic carbocycles. The molecule has 0 fully saturated rings. The van der Waals surface area contributed by atoms with Gasteiger partial charge in [-0.25, -0.2) is 0 Å². The molecule has 0 aliphatic rings. The lowest BCUT2D eigenvalue weighted by molar-refractivity contribution is -0.137. The maximum Gasteiger partial charge on any atom is 0.303 e. The van der Waals surface area contributed by atoms with Gasteiger partial charge in [0.05, 0.1) is 79.3 Å². The quantitative estimate of drug-likeness (QED) is 0.0593. The van der Waals surface area contributed by atoms with Crippen LogP contribution in [0.25, 0.3) is 0 Å². The van der Waals surface area contributed by atoms with E-state index < -0.39 is 11.9 Å². The number of unbranched alkanes of at least 4 members (excludes halogenated alkanes) is 15. The third-order valence-corrected chi connectivity index (χ3v) is 9.39. The van der Waals surface area contributed by atoms with Crippen LogP contribution in [-0.2, 0) is 52.4 Å². The van der Waals surface area contributed by atoms with Crippen molar-refractivity contribution in [2.24, 2.45) is 5.92 Å². The summed E-state index contributed by atoms with van der Waals surface area (Å²) >= 11 is 0. The van der Waals surface area contributed by atoms with E-state index in [1.165, 1.54) is 78.1 Å². The minimum absolute atomic E-state index is 0.0407. The number of nitrogens with one attached hydrogen (secondary N) is 1. The summed E-state index contributed by atoms with van der Waals surface area (Å²) in [5.74, 6) is -1.06. The molecule has 0 bridgehead atoms. The second-order valence-corrected chi connectivity index (χ2v) is 14.6. The largest absolute Gasteiger partial charge is 0.481 e. The molecule has 2 N–H and O–H groups in total. The van der Waals surface area contributed by atoms with Gasteiger partial charge in [-0.2, -0.15) is 0 Å². The fourth-order valence-electron chi connectivity index (χ4n) is 5.97. The van der Waals surface area contributed by atoms with Crippen LogP contribution >= 0.6 is 0 Å². The molecule has 0 aromatic heterocycles. The molecule has 1 atom stereocenters. The smallest absolute Gasteiger partial charge is 0.303 e. The molecule has 0 heterocycles. The Kier molecular flexibility index (Phi) is 40.6. The number of carboxylic acids is 1. The Morgan fingerprint density at radius 1 is 0.446 bits per heavy atom. The van der Waals surface area contributed by atoms with Crippen LogP contribution in [0.5, 0.6) is 0 Å². The minimum atomic E-state index is -0.690. The van der Waals surface area contributed by atoms with Crippen molar-refractivity contribution in [3.63, 3.8) is 0 Å². The summed E-state index contributed by atoms with van der Waals surface area (Å²) in [7, 11) is 0. The van der Waals surface area contributed by atoms with Crippen LogP contribution in [0.2, 0.25) is 0 Å². The van der Waals surface area contributed by atoms with E-state index in [0.717, 1.165) is 38.5 Å². The Morgan fingerprint density at radius 2 is 0.804 bits per heavy atom. The second-order valence-electron chi connectivity index (χ2n) is 14.6. The molecule has 0 rings (SSSR count). The summed E-state index contributed by atoms with van der Waals surface area (Å²) in [5.41, 5.74) is 0. The number of aliphatic carboxylic acids is 1. The monoisotopic (exact) mass is 802 g/mol. The van der Waals surface area contributed by atoms with Crippen molar-refractivity contribution in [2.45, 2.75) is 155 Å². The van der Waals surface area contributed by atoms with Crippen molar-refractivity contribution in [3.8, 4) is 0 Å². The Bertz CT molecular complexity index is 963. The van der Waals surface area contributed by atoms with E-state index in [0.29, 0.717) is 112 Å². The van der Waals surface area contributed by atoms with Crippen LogP contribution in [-0.4, -0.2) is 120 Å². The highest BCUT2D eigenvalue weighted by atomic mass is 16.6. The molecule has 1 amide bonds. The Morgan fingerprint density at radius 3 is 1.18 bits per heavy atom. The zero-order chi connectivity index (χ0) is 41.2. The van der Waals surface area contributed by atoms with E-state index in [-0.39, 0.29) is 36.1 Å². The third kappa shape index (κ3) is 42.8. The minimum Gasteiger partial charge on any atom is -0.481 e. The van der Waals surface area contributed by atoms with Crippen LogP contribution < -0.4 is 5.32 Å². The molecule has 13 nitrogen and oxygen atoms in total. The lowest BCUT2D eigenvalue weighted by atomic mass is 9.91. The maximum atomic E-state index is 12.5. The molecule has 0 aromatic rings. The van der Waals surface area contributed by atoms with E-state index in [1.54, 1.807) is 0 Å². The normalized spacial score (nSPS) is 11.8. The van der Waals surface area contributed by atoms with Gasteiger partial charge in [0.15, 0.2) is 0 Å². The standard InChI is InChI=1S/C43H79NO12/c1-38(45)23-25-51-27-29-53-31-33-55-35-36-56-34-32-54-30-28-52-26-24-44-42(48)22-21-40(39(2)46)37-41(47)19-17-15-13-11-9-7-5-3-4-6-8-10-12-14-16-18-20-43(49)50/h40H,3-37H2,1-2H3,(H,44,48)(H,49,50)/t40-/m1/s1. The van der Waals surface area contributed by atoms with Crippen molar-refractivity contribution in [2.75, 3.05) is 85.8 Å². The Balaban J connectivity index is 3.53. The number of ether oxygens (including phenoxy) is 6. The summed E-state index contributed by atoms with van der Waals surface area (Å²) in [6.07, 6.45) is 20.7. The van der Waals surface area contributed by atoms with Crippen LogP contribution in [0.3, 0.4) is 0 Å². The van der Waals surface area contributed by atoms with E-state index in [2.05, 4.69) is 5.32 Å². The predicted octanol–water partition coefficient (Wildman–Crippen LogP) is 7.23. The number of amides is 1. The zero-order valence-electron chi connectivity index (χ0n) is 35.3. The van der Waals surface area contributed by atoms with Gasteiger partial charge in [0.2, 0.25) is 5.91 Å². The highest BCUT2D eigenvalue weighted by molar-refractivity contribution is 5.87. The summed E-state index contributed by atoms with van der Waals surface area (Å²) in [6.45, 7) is 8.70. The fourth-order valence-corrected chi connectivity index (χ4v) is 5.97. The summed E-state index contributed by atoms with van der Waals surface area (Å²) in [4.78, 5) is 58.3. The van der Waals surface area contributed by atoms with Gasteiger partial charge >= 0.3 is 5.97 Å². The summed E-state index contributed by atoms with van der Waals surface area (Å²) in [6, 6.07) is 0. The molecule has 0 unspecified atom stereocenters. The number of Topliss-reactive ketones (excluding diaryl/α,β-unsaturated/α-hetero) is 3. The molecule has 0 aliphatic heterocycles. The Hall–Kier alpha value is -2.29. The van der Waals surface area contributed by atoms with Gasteiger partial charge in [0.25, 0.3) is 0 Å². The van der Waals surface area contributed by atoms with Gasteiger partial charge in [-0.15, -0.1) is 0 Å². The first kappa shape index (κ1) is 53.7. The van der Waals surface area contributed by atoms with Crippen molar-refractivity contribution >= 4 is 29.2 Å². The lowest BCUT2D eigenvalue weighted by Gasteiger charge is -2.13. The number of carbonyl (C=O) groups excluding carboxylic acids is 4. The van der Waals surface area contributed by atoms with Gasteiger partial charge in [0.1, 0.15) is 17.3 Å². The molecule has 13 heteroatoms. The molecule has 0 saturated heterocycles. The second kappa shape index (κ2) is 42.3. The van der Waals surface area contributed by atoms with Crippen molar-refractivity contribution in [3.05, 3.63) is 0 Å². The third-order valence-electron chi connectivity index (χ3n) is 9.39. The van der Waals surface area contributed by atoms with E-state index in [9.17, 15) is 24.0 Å². The first-order valence-corrected chi connectivity index (χ1v) is 21.7. The van der Waals surface area contributed by atoms with E-state index in [1.807, 2.05) is 0 Å². The molecule has 0 saturated carbocycles. The number of hydrogen-bond acceptors (Lipinski definition) is 11. The van der Waals surface area contributed by atoms with Crippen LogP contribution in [0, 0.1) is 5.92 Å². The maximum absolute atomic E-state index is 12.5. The van der Waals surface area contributed by atoms with Gasteiger partial charge in [-0.1, -0.05) is 89.9 Å². The molecule has 0 radical (unpaired) electrons. The topological polar surface area (TPSA) is 173 Å². The van der Waals surface area contributed by atoms with Gasteiger partial charge in [-0.3, -0.25) is 24.0 Å². The fraction of sp³-hybridized carbons (Fsp3) is 0.884. The van der Waals surface area contributed by atoms with Gasteiger partial charge < -0.3 is 38.8 Å². The lowest BCUT2D eigenvalue weighted by Crippen LogP contribution is -2.28. The molecule has 56 heavy (non-hydrogen) atoms. The van der Waals surface area contributed by atoms with Crippen molar-refractivity contribution in [1.82, 2.24) is 5.32 Å². The van der Waals surface area contributed by atoms with Crippen LogP contribution in [0.4, 0.5) is 0 Å². The summed E-state index contributed by atoms with van der Waals surface area (Å²) < 4.78 is 32.5. The number of ketones is 3. The van der Waals surface area contributed by atoms with Gasteiger partial charge in [-0.05, 0) is 33.1 Å². The van der Waals surface area contributed by atoms with Crippen LogP contribution in [0.1, 0.15) is 155 Å². The first-order chi connectivity index (χ1) is 27.2. The van der Waals surface area contributed by atoms with E-state index in [4.69, 9.17) is 33.5 Å². The first-order valence-electron chi connectivity index (χ1n) is 21.7. The van der Waals surface area contributed by atoms with Crippen molar-refractivity contribution < 1.29 is 57.5 Å². The highest BCUT2D eigenvalue weighted by Crippen LogP contribution is 2.17. The van der Waals surface area contributed by atoms with Gasteiger partial charge in [0, 0.05) is 44.6 Å². The predicted molar refractivity (Wildman–Crippen MR) is 217 cm³/mol. The SMILES string of the molecule is CC(=O)CCOCCOCCOCCOCCOCCOCCNC(=O)CC[C@H](CC(=O)CCCCCCCCCCCCCCCCCCC(=O)O)C(C)=O. The van der Waals surface area contributed by atoms with Crippen LogP contribution in [0.15, 0.2) is 0 Å². The number of hydrogen-bond donors (Lipinski definition) is 2. The molecular weight excluding hydrogens is 722 g/mol. The zero-order valence-corrected chi connectivity index (χ0v) is 35.3. The molecular formula is C43H79NO12. The molecule has 328 valence electrons.